The molecule has 0 saturated carbocycles. The van der Waals surface area contributed by atoms with E-state index in [0.29, 0.717) is 5.13 Å². The van der Waals surface area contributed by atoms with Gasteiger partial charge in [-0.15, -0.1) is 0 Å². The summed E-state index contributed by atoms with van der Waals surface area (Å²) in [5, 5.41) is 0.679. The molecule has 1 aliphatic rings. The summed E-state index contributed by atoms with van der Waals surface area (Å²) in [6.45, 7) is 0. The third-order valence-electron chi connectivity index (χ3n) is 2.62. The number of nitrogens with zero attached hydrogens (tertiary/aromatic N) is 1. The molecule has 0 bridgehead atoms. The van der Waals surface area contributed by atoms with Crippen LogP contribution in [0.1, 0.15) is 17.5 Å². The highest BCUT2D eigenvalue weighted by atomic mass is 32.1. The molecule has 3 rings (SSSR count). The average Bonchev–Trinajstić information content (AvgIpc) is 2.63. The minimum Gasteiger partial charge on any atom is -0.375 e. The largest absolute Gasteiger partial charge is 0.375 e. The Balaban J connectivity index is 2.35. The molecule has 0 fully saturated rings. The standard InChI is InChI=1S/C10H10N2S/c11-10-12-8-4-6-2-1-3-7(6)5-9(8)13-10/h4-5H,1-3H2,(H2,11,12). The number of aryl methyl sites for hydroxylation is 2. The molecule has 1 aromatic carbocycles. The fraction of sp³-hybridized carbons (Fsp3) is 0.300. The number of thiazole rings is 1. The van der Waals surface area contributed by atoms with Crippen molar-refractivity contribution in [3.63, 3.8) is 0 Å². The van der Waals surface area contributed by atoms with Crippen molar-refractivity contribution in [2.45, 2.75) is 19.3 Å². The third kappa shape index (κ3) is 1.04. The first-order valence-electron chi connectivity index (χ1n) is 4.51. The highest BCUT2D eigenvalue weighted by molar-refractivity contribution is 7.22. The smallest absolute Gasteiger partial charge is 0.181 e. The third-order valence-corrected chi connectivity index (χ3v) is 3.47. The maximum atomic E-state index is 5.66. The van der Waals surface area contributed by atoms with Crippen LogP contribution in [-0.2, 0) is 12.8 Å². The van der Waals surface area contributed by atoms with Crippen LogP contribution in [0, 0.1) is 0 Å². The molecule has 0 amide bonds. The molecule has 1 aliphatic carbocycles. The Morgan fingerprint density at radius 1 is 1.23 bits per heavy atom. The van der Waals surface area contributed by atoms with E-state index in [9.17, 15) is 0 Å². The molecular weight excluding hydrogens is 180 g/mol. The van der Waals surface area contributed by atoms with Gasteiger partial charge in [-0.3, -0.25) is 0 Å². The van der Waals surface area contributed by atoms with Gasteiger partial charge in [0.25, 0.3) is 0 Å². The number of hydrogen-bond acceptors (Lipinski definition) is 3. The number of nitrogens with two attached hydrogens (primary N) is 1. The Bertz CT molecular complexity index is 432. The summed E-state index contributed by atoms with van der Waals surface area (Å²) in [5.74, 6) is 0. The minimum atomic E-state index is 0.679. The number of aromatic nitrogens is 1. The molecule has 1 aromatic heterocycles. The number of benzene rings is 1. The monoisotopic (exact) mass is 190 g/mol. The Morgan fingerprint density at radius 2 is 2.00 bits per heavy atom. The zero-order chi connectivity index (χ0) is 8.84. The van der Waals surface area contributed by atoms with Crippen molar-refractivity contribution in [2.75, 3.05) is 5.73 Å². The van der Waals surface area contributed by atoms with Crippen LogP contribution in [0.5, 0.6) is 0 Å². The normalized spacial score (nSPS) is 15.1. The van der Waals surface area contributed by atoms with Crippen LogP contribution in [0.2, 0.25) is 0 Å². The molecule has 3 heteroatoms. The van der Waals surface area contributed by atoms with Gasteiger partial charge < -0.3 is 5.73 Å². The van der Waals surface area contributed by atoms with Crippen molar-refractivity contribution in [3.8, 4) is 0 Å². The zero-order valence-electron chi connectivity index (χ0n) is 7.21. The van der Waals surface area contributed by atoms with Crippen molar-refractivity contribution in [1.29, 1.82) is 0 Å². The number of nitrogen functional groups attached to an aromatic ring is 1. The summed E-state index contributed by atoms with van der Waals surface area (Å²) in [6.07, 6.45) is 3.73. The molecular formula is C10H10N2S. The van der Waals surface area contributed by atoms with Crippen molar-refractivity contribution >= 4 is 26.7 Å². The topological polar surface area (TPSA) is 38.9 Å². The van der Waals surface area contributed by atoms with Gasteiger partial charge in [-0.25, -0.2) is 4.98 Å². The molecule has 2 N–H and O–H groups in total. The number of hydrogen-bond donors (Lipinski definition) is 1. The molecule has 0 atom stereocenters. The fourth-order valence-electron chi connectivity index (χ4n) is 2.01. The van der Waals surface area contributed by atoms with Crippen LogP contribution < -0.4 is 5.73 Å². The summed E-state index contributed by atoms with van der Waals surface area (Å²) in [7, 11) is 0. The van der Waals surface area contributed by atoms with Crippen LogP contribution in [0.4, 0.5) is 5.13 Å². The highest BCUT2D eigenvalue weighted by Crippen LogP contribution is 2.31. The first-order valence-corrected chi connectivity index (χ1v) is 5.32. The lowest BCUT2D eigenvalue weighted by Gasteiger charge is -1.96. The molecule has 0 saturated heterocycles. The van der Waals surface area contributed by atoms with Gasteiger partial charge >= 0.3 is 0 Å². The number of fused-ring (bicyclic) bond motifs is 2. The van der Waals surface area contributed by atoms with Gasteiger partial charge in [0, 0.05) is 0 Å². The Kier molecular flexibility index (Phi) is 1.38. The second-order valence-electron chi connectivity index (χ2n) is 3.49. The van der Waals surface area contributed by atoms with E-state index in [0.717, 1.165) is 5.52 Å². The SMILES string of the molecule is Nc1nc2cc3c(cc2s1)CCC3. The summed E-state index contributed by atoms with van der Waals surface area (Å²) in [6, 6.07) is 4.45. The first kappa shape index (κ1) is 7.33. The maximum absolute atomic E-state index is 5.66. The molecule has 0 radical (unpaired) electrons. The van der Waals surface area contributed by atoms with Gasteiger partial charge in [-0.05, 0) is 42.5 Å². The van der Waals surface area contributed by atoms with E-state index in [1.54, 1.807) is 11.3 Å². The molecule has 1 heterocycles. The van der Waals surface area contributed by atoms with E-state index in [1.165, 1.54) is 35.1 Å². The van der Waals surface area contributed by atoms with Crippen LogP contribution in [0.15, 0.2) is 12.1 Å². The quantitative estimate of drug-likeness (QED) is 0.692. The van der Waals surface area contributed by atoms with E-state index in [-0.39, 0.29) is 0 Å². The molecule has 0 spiro atoms. The highest BCUT2D eigenvalue weighted by Gasteiger charge is 2.13. The van der Waals surface area contributed by atoms with Crippen molar-refractivity contribution < 1.29 is 0 Å². The number of anilines is 1. The summed E-state index contributed by atoms with van der Waals surface area (Å²) in [4.78, 5) is 4.29. The van der Waals surface area contributed by atoms with Gasteiger partial charge in [-0.2, -0.15) is 0 Å². The Morgan fingerprint density at radius 3 is 2.85 bits per heavy atom. The number of rotatable bonds is 0. The van der Waals surface area contributed by atoms with E-state index in [4.69, 9.17) is 5.73 Å². The van der Waals surface area contributed by atoms with Crippen LogP contribution in [-0.4, -0.2) is 4.98 Å². The fourth-order valence-corrected chi connectivity index (χ4v) is 2.79. The lowest BCUT2D eigenvalue weighted by molar-refractivity contribution is 0.912. The molecule has 0 unspecified atom stereocenters. The molecule has 2 aromatic rings. The van der Waals surface area contributed by atoms with E-state index in [1.807, 2.05) is 0 Å². The van der Waals surface area contributed by atoms with E-state index in [2.05, 4.69) is 17.1 Å². The van der Waals surface area contributed by atoms with Crippen molar-refractivity contribution in [1.82, 2.24) is 4.98 Å². The first-order chi connectivity index (χ1) is 6.33. The van der Waals surface area contributed by atoms with Crippen LogP contribution in [0.3, 0.4) is 0 Å². The van der Waals surface area contributed by atoms with E-state index >= 15 is 0 Å². The Labute approximate surface area is 80.4 Å². The summed E-state index contributed by atoms with van der Waals surface area (Å²) >= 11 is 1.58. The van der Waals surface area contributed by atoms with Gasteiger partial charge in [0.1, 0.15) is 0 Å². The Hall–Kier alpha value is -1.09. The predicted molar refractivity (Wildman–Crippen MR) is 56.1 cm³/mol. The lowest BCUT2D eigenvalue weighted by atomic mass is 10.1. The van der Waals surface area contributed by atoms with Crippen molar-refractivity contribution in [2.24, 2.45) is 0 Å². The molecule has 66 valence electrons. The minimum absolute atomic E-state index is 0.679. The van der Waals surface area contributed by atoms with Gasteiger partial charge in [-0.1, -0.05) is 11.3 Å². The van der Waals surface area contributed by atoms with Crippen LogP contribution in [0.25, 0.3) is 10.2 Å². The van der Waals surface area contributed by atoms with Gasteiger partial charge in [0.05, 0.1) is 10.2 Å². The predicted octanol–water partition coefficient (Wildman–Crippen LogP) is 2.37. The second-order valence-corrected chi connectivity index (χ2v) is 4.56. The van der Waals surface area contributed by atoms with Crippen LogP contribution >= 0.6 is 11.3 Å². The van der Waals surface area contributed by atoms with Crippen molar-refractivity contribution in [3.05, 3.63) is 23.3 Å². The zero-order valence-corrected chi connectivity index (χ0v) is 8.03. The molecule has 13 heavy (non-hydrogen) atoms. The van der Waals surface area contributed by atoms with E-state index < -0.39 is 0 Å². The maximum Gasteiger partial charge on any atom is 0.181 e. The average molecular weight is 190 g/mol. The summed E-state index contributed by atoms with van der Waals surface area (Å²) in [5.41, 5.74) is 9.70. The molecule has 0 aliphatic heterocycles. The second kappa shape index (κ2) is 2.45. The van der Waals surface area contributed by atoms with Gasteiger partial charge in [0.15, 0.2) is 5.13 Å². The lowest BCUT2D eigenvalue weighted by Crippen LogP contribution is -1.82. The molecule has 2 nitrogen and oxygen atoms in total. The summed E-state index contributed by atoms with van der Waals surface area (Å²) < 4.78 is 1.23. The van der Waals surface area contributed by atoms with Gasteiger partial charge in [0.2, 0.25) is 0 Å².